The molecule has 0 saturated heterocycles. The Labute approximate surface area is 565 Å². The van der Waals surface area contributed by atoms with E-state index in [0.29, 0.717) is 10.9 Å². The lowest BCUT2D eigenvalue weighted by Gasteiger charge is -2.11. The molecule has 0 saturated carbocycles. The Kier molecular flexibility index (Phi) is 18.5. The highest BCUT2D eigenvalue weighted by molar-refractivity contribution is 6.58. The molecule has 6 heterocycles. The second-order valence-electron chi connectivity index (χ2n) is 19.4. The highest BCUT2D eigenvalue weighted by atomic mass is 35.5. The van der Waals surface area contributed by atoms with Gasteiger partial charge in [0.2, 0.25) is 16.8 Å². The van der Waals surface area contributed by atoms with Crippen molar-refractivity contribution in [3.05, 3.63) is 293 Å². The van der Waals surface area contributed by atoms with Gasteiger partial charge in [-0.3, -0.25) is 0 Å². The van der Waals surface area contributed by atoms with Gasteiger partial charge in [-0.05, 0) is 95.9 Å². The molecule has 0 fully saturated rings. The molecule has 0 atom stereocenters. The third kappa shape index (κ3) is 12.5. The Hall–Kier alpha value is -17.1. The van der Waals surface area contributed by atoms with E-state index in [1.807, 2.05) is 24.3 Å². The molecule has 0 spiro atoms. The van der Waals surface area contributed by atoms with Crippen LogP contribution in [-0.4, -0.2) is 42.1 Å². The standard InChI is InChI=1S/C34H8N14.C25H4ClN13.C8H5BN2O2/c1-39-19-10-17(13-35)9-18(11-19)32-45-25(20-5-7-23-29(22(20)14-36)47-33(43-23)27(15-37)40-2)12-26(46-32)21-6-8-24-31(30(21)42-4)48-34(44-24)28(16-38)41-3;1-31-23(32-2)24-34-17-6-4-13(15(10-30)19(17)36-24)22-37-21(38-25(26)39-22)12-3-5-16-18(14(12)9-29)35-20(33-16)11(7-27)8-28;1-11-8-3-6(5-10)2-7(4-8)9(12)13/h5-12H;3-6H;2-4,12-13H/b33-27+,34-28-;;. The monoisotopic (exact) mass is 1310 g/mol. The zero-order chi connectivity index (χ0) is 71.5. The largest absolute Gasteiger partial charge is 0.564 e. The Morgan fingerprint density at radius 3 is 1.31 bits per heavy atom. The number of hydrogen-bond donors (Lipinski definition) is 2. The minimum absolute atomic E-state index is 0.00425. The summed E-state index contributed by atoms with van der Waals surface area (Å²) in [6.45, 7) is 51.0. The van der Waals surface area contributed by atoms with Crippen LogP contribution in [0.3, 0.4) is 0 Å². The number of allylic oxidation sites excluding steroid dienone is 3. The SMILES string of the molecule is [C-]#[N+]/C(C#N)=C1/N=c2ccc(-c3cc(-c4ccc5c(c4C#N)=N/C(=C(\C#N)[N+]#[C-])N=5)nc(-c4cc(C#N)cc([N+]#[C-])c4)n3)c([N+]#[C-])c2=N1.[C-]#[N+]C([N+]#[C-])=C1N=c2ccc(-c3nc(Cl)nc(-c4ccc5c(c4C#N)=NC(=C(C#N)C#N)N=5)n3)c(C#N)c2=N1.[C-]#[N+]c1cc(C#N)cc(B(O)O)c1. The molecule has 0 bridgehead atoms. The minimum Gasteiger partial charge on any atom is -0.423 e. The van der Waals surface area contributed by atoms with E-state index in [-0.39, 0.29) is 190 Å². The van der Waals surface area contributed by atoms with Gasteiger partial charge in [0.15, 0.2) is 51.9 Å². The quantitative estimate of drug-likeness (QED) is 0.123. The summed E-state index contributed by atoms with van der Waals surface area (Å²) in [5, 5.41) is 104. The lowest BCUT2D eigenvalue weighted by molar-refractivity contribution is 0.426. The summed E-state index contributed by atoms with van der Waals surface area (Å²) >= 11 is 6.21. The van der Waals surface area contributed by atoms with Crippen LogP contribution in [0.2, 0.25) is 5.28 Å². The average Bonchev–Trinajstić information content (AvgIpc) is 1.35. The third-order valence-corrected chi connectivity index (χ3v) is 14.0. The number of aromatic nitrogens is 5. The van der Waals surface area contributed by atoms with Crippen molar-refractivity contribution in [2.24, 2.45) is 39.9 Å². The summed E-state index contributed by atoms with van der Waals surface area (Å²) in [6, 6.07) is 39.4. The molecule has 12 rings (SSSR count). The molecule has 0 unspecified atom stereocenters. The van der Waals surface area contributed by atoms with E-state index in [2.05, 4.69) is 94.9 Å². The van der Waals surface area contributed by atoms with E-state index in [1.165, 1.54) is 66.7 Å². The molecule has 2 N–H and O–H groups in total. The van der Waals surface area contributed by atoms with Crippen LogP contribution in [0.15, 0.2) is 177 Å². The molecular weight excluding hydrogens is 1290 g/mol. The molecule has 0 aliphatic carbocycles. The zero-order valence-corrected chi connectivity index (χ0v) is 50.2. The molecule has 31 nitrogen and oxygen atoms in total. The fourth-order valence-electron chi connectivity index (χ4n) is 9.49. The average molecular weight is 1310 g/mol. The van der Waals surface area contributed by atoms with Crippen LogP contribution in [0.25, 0.3) is 90.6 Å². The van der Waals surface area contributed by atoms with Gasteiger partial charge in [0, 0.05) is 38.9 Å². The molecular formula is C67H17BClN29O2. The van der Waals surface area contributed by atoms with E-state index in [0.717, 1.165) is 0 Å². The molecule has 33 heteroatoms. The minimum atomic E-state index is -1.64. The molecule has 100 heavy (non-hydrogen) atoms. The van der Waals surface area contributed by atoms with Crippen molar-refractivity contribution in [1.82, 2.24) is 24.9 Å². The lowest BCUT2D eigenvalue weighted by Crippen LogP contribution is -2.29. The maximum Gasteiger partial charge on any atom is 0.564 e. The number of fused-ring (bicyclic) bond motifs is 4. The van der Waals surface area contributed by atoms with Gasteiger partial charge in [0.05, 0.1) is 112 Å². The molecule has 8 aromatic rings. The van der Waals surface area contributed by atoms with Crippen molar-refractivity contribution in [3.63, 3.8) is 0 Å². The predicted molar refractivity (Wildman–Crippen MR) is 339 cm³/mol. The molecule has 4 aliphatic heterocycles. The number of nitrogens with zero attached hydrogens (tertiary/aromatic N) is 29. The maximum absolute atomic E-state index is 10.3. The first-order valence-electron chi connectivity index (χ1n) is 27.1. The van der Waals surface area contributed by atoms with Gasteiger partial charge in [0.25, 0.3) is 0 Å². The van der Waals surface area contributed by atoms with Crippen molar-refractivity contribution in [2.45, 2.75) is 0 Å². The van der Waals surface area contributed by atoms with E-state index >= 15 is 0 Å². The molecule has 452 valence electrons. The van der Waals surface area contributed by atoms with Crippen LogP contribution in [0, 0.1) is 148 Å². The van der Waals surface area contributed by atoms with Crippen LogP contribution >= 0.6 is 11.6 Å². The highest BCUT2D eigenvalue weighted by Crippen LogP contribution is 2.34. The summed E-state index contributed by atoms with van der Waals surface area (Å²) < 4.78 is 0. The Bertz CT molecular complexity index is 6190. The van der Waals surface area contributed by atoms with Crippen molar-refractivity contribution in [3.8, 4) is 111 Å². The van der Waals surface area contributed by atoms with Gasteiger partial charge >= 0.3 is 24.3 Å². The fourth-order valence-corrected chi connectivity index (χ4v) is 9.65. The topological polar surface area (TPSA) is 448 Å². The summed E-state index contributed by atoms with van der Waals surface area (Å²) in [4.78, 5) is 78.6. The number of rotatable bonds is 6. The molecule has 2 aromatic heterocycles. The van der Waals surface area contributed by atoms with Gasteiger partial charge in [0.1, 0.15) is 59.6 Å². The second-order valence-corrected chi connectivity index (χ2v) is 19.8. The first-order chi connectivity index (χ1) is 48.5. The van der Waals surface area contributed by atoms with E-state index in [9.17, 15) is 31.6 Å². The van der Waals surface area contributed by atoms with E-state index in [4.69, 9.17) is 93.4 Å². The Balaban J connectivity index is 0.000000186. The van der Waals surface area contributed by atoms with Gasteiger partial charge in [-0.1, -0.05) is 12.1 Å². The molecule has 0 amide bonds. The number of hydrogen-bond acceptors (Lipinski definition) is 24. The van der Waals surface area contributed by atoms with Crippen molar-refractivity contribution in [1.29, 1.82) is 47.4 Å². The van der Waals surface area contributed by atoms with E-state index in [1.54, 1.807) is 48.5 Å². The lowest BCUT2D eigenvalue weighted by atomic mass is 9.79. The first kappa shape index (κ1) is 65.8. The Morgan fingerprint density at radius 1 is 0.400 bits per heavy atom. The number of benzene rings is 6. The van der Waals surface area contributed by atoms with Gasteiger partial charge < -0.3 is 10.0 Å². The first-order valence-corrected chi connectivity index (χ1v) is 27.5. The fraction of sp³-hybridized carbons (Fsp3) is 0. The number of halogens is 1. The van der Waals surface area contributed by atoms with Crippen LogP contribution < -0.4 is 48.3 Å². The molecule has 0 radical (unpaired) electrons. The predicted octanol–water partition coefficient (Wildman–Crippen LogP) is 5.17. The summed E-state index contributed by atoms with van der Waals surface area (Å²) in [7, 11) is -1.64. The highest BCUT2D eigenvalue weighted by Gasteiger charge is 2.26. The smallest absolute Gasteiger partial charge is 0.423 e. The van der Waals surface area contributed by atoms with Gasteiger partial charge in [-0.25, -0.2) is 89.6 Å². The van der Waals surface area contributed by atoms with Crippen molar-refractivity contribution >= 4 is 41.2 Å². The maximum atomic E-state index is 10.3. The van der Waals surface area contributed by atoms with Crippen LogP contribution in [0.5, 0.6) is 0 Å². The van der Waals surface area contributed by atoms with Gasteiger partial charge in [-0.2, -0.15) is 56.5 Å². The molecule has 6 aromatic carbocycles. The van der Waals surface area contributed by atoms with Crippen molar-refractivity contribution in [2.75, 3.05) is 0 Å². The molecule has 4 aliphatic rings. The summed E-state index contributed by atoms with van der Waals surface area (Å²) in [5.74, 6) is -0.747. The summed E-state index contributed by atoms with van der Waals surface area (Å²) in [5.41, 5.74) is 1.88. The zero-order valence-electron chi connectivity index (χ0n) is 49.5. The summed E-state index contributed by atoms with van der Waals surface area (Å²) in [6.07, 6.45) is 0. The Morgan fingerprint density at radius 2 is 0.840 bits per heavy atom. The van der Waals surface area contributed by atoms with E-state index < -0.39 is 7.12 Å². The van der Waals surface area contributed by atoms with Crippen molar-refractivity contribution < 1.29 is 10.0 Å². The van der Waals surface area contributed by atoms with Crippen LogP contribution in [0.4, 0.5) is 17.1 Å². The van der Waals surface area contributed by atoms with Gasteiger partial charge in [-0.15, -0.1) is 0 Å². The van der Waals surface area contributed by atoms with Crippen LogP contribution in [-0.2, 0) is 0 Å². The normalized spacial score (nSPS) is 12.2. The second kappa shape index (κ2) is 28.2. The third-order valence-electron chi connectivity index (χ3n) is 13.8. The van der Waals surface area contributed by atoms with Crippen LogP contribution in [0.1, 0.15) is 27.8 Å². The number of nitriles is 9.